The molecule has 5 nitrogen and oxygen atoms in total. The van der Waals surface area contributed by atoms with Crippen molar-refractivity contribution in [2.75, 3.05) is 43.9 Å². The molecule has 2 rings (SSSR count). The Bertz CT molecular complexity index is 435. The Morgan fingerprint density at radius 3 is 2.89 bits per heavy atom. The SMILES string of the molecule is CCN(C)CCNC(=O)C1CNc2ccccc2N1. The van der Waals surface area contributed by atoms with E-state index in [-0.39, 0.29) is 11.9 Å². The van der Waals surface area contributed by atoms with Gasteiger partial charge in [-0.15, -0.1) is 0 Å². The van der Waals surface area contributed by atoms with Gasteiger partial charge in [-0.05, 0) is 25.7 Å². The van der Waals surface area contributed by atoms with Crippen LogP contribution in [0.4, 0.5) is 11.4 Å². The third kappa shape index (κ3) is 3.61. The molecule has 104 valence electrons. The maximum Gasteiger partial charge on any atom is 0.244 e. The molecule has 1 heterocycles. The summed E-state index contributed by atoms with van der Waals surface area (Å²) in [5.74, 6) is 0.0477. The molecule has 5 heteroatoms. The lowest BCUT2D eigenvalue weighted by Crippen LogP contribution is -2.47. The number of benzene rings is 1. The fourth-order valence-electron chi connectivity index (χ4n) is 2.02. The Morgan fingerprint density at radius 1 is 1.42 bits per heavy atom. The number of nitrogens with one attached hydrogen (secondary N) is 3. The van der Waals surface area contributed by atoms with E-state index >= 15 is 0 Å². The van der Waals surface area contributed by atoms with Crippen LogP contribution in [0.5, 0.6) is 0 Å². The zero-order valence-corrected chi connectivity index (χ0v) is 11.6. The first kappa shape index (κ1) is 13.7. The summed E-state index contributed by atoms with van der Waals surface area (Å²) in [6.45, 7) is 5.27. The quantitative estimate of drug-likeness (QED) is 0.740. The monoisotopic (exact) mass is 262 g/mol. The van der Waals surface area contributed by atoms with Crippen LogP contribution in [0.3, 0.4) is 0 Å². The van der Waals surface area contributed by atoms with Crippen molar-refractivity contribution >= 4 is 17.3 Å². The van der Waals surface area contributed by atoms with Gasteiger partial charge in [-0.25, -0.2) is 0 Å². The van der Waals surface area contributed by atoms with Crippen LogP contribution in [-0.2, 0) is 4.79 Å². The summed E-state index contributed by atoms with van der Waals surface area (Å²) >= 11 is 0. The molecule has 1 unspecified atom stereocenters. The molecule has 0 saturated carbocycles. The van der Waals surface area contributed by atoms with Gasteiger partial charge in [-0.2, -0.15) is 0 Å². The Kier molecular flexibility index (Phi) is 4.63. The van der Waals surface area contributed by atoms with E-state index in [0.717, 1.165) is 24.5 Å². The number of amides is 1. The highest BCUT2D eigenvalue weighted by atomic mass is 16.2. The molecule has 1 amide bonds. The van der Waals surface area contributed by atoms with Gasteiger partial charge in [0.15, 0.2) is 0 Å². The molecule has 1 aromatic carbocycles. The van der Waals surface area contributed by atoms with Gasteiger partial charge in [-0.1, -0.05) is 19.1 Å². The molecular weight excluding hydrogens is 240 g/mol. The minimum atomic E-state index is -0.207. The third-order valence-corrected chi connectivity index (χ3v) is 3.40. The molecule has 19 heavy (non-hydrogen) atoms. The molecule has 0 saturated heterocycles. The standard InChI is InChI=1S/C14H22N4O/c1-3-18(2)9-8-15-14(19)13-10-16-11-6-4-5-7-12(11)17-13/h4-7,13,16-17H,3,8-10H2,1-2H3,(H,15,19). The van der Waals surface area contributed by atoms with Crippen molar-refractivity contribution in [3.05, 3.63) is 24.3 Å². The van der Waals surface area contributed by atoms with Crippen LogP contribution in [-0.4, -0.2) is 50.1 Å². The minimum Gasteiger partial charge on any atom is -0.381 e. The number of rotatable bonds is 5. The van der Waals surface area contributed by atoms with Gasteiger partial charge in [0, 0.05) is 19.6 Å². The predicted octanol–water partition coefficient (Wildman–Crippen LogP) is 0.961. The van der Waals surface area contributed by atoms with Crippen molar-refractivity contribution in [1.29, 1.82) is 0 Å². The molecule has 0 bridgehead atoms. The second-order valence-corrected chi connectivity index (χ2v) is 4.81. The predicted molar refractivity (Wildman–Crippen MR) is 78.5 cm³/mol. The van der Waals surface area contributed by atoms with Crippen molar-refractivity contribution in [2.24, 2.45) is 0 Å². The Labute approximate surface area is 114 Å². The maximum absolute atomic E-state index is 12.0. The average Bonchev–Trinajstić information content (AvgIpc) is 2.46. The molecule has 1 aliphatic heterocycles. The molecule has 1 aromatic rings. The van der Waals surface area contributed by atoms with Crippen LogP contribution in [0.1, 0.15) is 6.92 Å². The van der Waals surface area contributed by atoms with E-state index in [1.54, 1.807) is 0 Å². The number of hydrogen-bond acceptors (Lipinski definition) is 4. The van der Waals surface area contributed by atoms with Crippen molar-refractivity contribution in [2.45, 2.75) is 13.0 Å². The normalized spacial score (nSPS) is 17.3. The maximum atomic E-state index is 12.0. The van der Waals surface area contributed by atoms with Gasteiger partial charge < -0.3 is 20.9 Å². The summed E-state index contributed by atoms with van der Waals surface area (Å²) in [4.78, 5) is 14.2. The first-order chi connectivity index (χ1) is 9.20. The van der Waals surface area contributed by atoms with Crippen LogP contribution < -0.4 is 16.0 Å². The summed E-state index contributed by atoms with van der Waals surface area (Å²) in [5.41, 5.74) is 2.04. The van der Waals surface area contributed by atoms with Crippen molar-refractivity contribution in [3.63, 3.8) is 0 Å². The summed E-state index contributed by atoms with van der Waals surface area (Å²) < 4.78 is 0. The molecule has 0 aromatic heterocycles. The largest absolute Gasteiger partial charge is 0.381 e. The number of anilines is 2. The van der Waals surface area contributed by atoms with Gasteiger partial charge >= 0.3 is 0 Å². The third-order valence-electron chi connectivity index (χ3n) is 3.40. The van der Waals surface area contributed by atoms with E-state index in [0.29, 0.717) is 13.1 Å². The second-order valence-electron chi connectivity index (χ2n) is 4.81. The van der Waals surface area contributed by atoms with E-state index in [4.69, 9.17) is 0 Å². The molecule has 0 spiro atoms. The van der Waals surface area contributed by atoms with Crippen molar-refractivity contribution < 1.29 is 4.79 Å². The first-order valence-corrected chi connectivity index (χ1v) is 6.76. The van der Waals surface area contributed by atoms with Crippen LogP contribution in [0.2, 0.25) is 0 Å². The zero-order valence-electron chi connectivity index (χ0n) is 11.6. The summed E-state index contributed by atoms with van der Waals surface area (Å²) in [6.07, 6.45) is 0. The summed E-state index contributed by atoms with van der Waals surface area (Å²) in [7, 11) is 2.04. The number of nitrogens with zero attached hydrogens (tertiary/aromatic N) is 1. The lowest BCUT2D eigenvalue weighted by atomic mass is 10.1. The lowest BCUT2D eigenvalue weighted by Gasteiger charge is -2.27. The fourth-order valence-corrected chi connectivity index (χ4v) is 2.02. The molecule has 0 radical (unpaired) electrons. The van der Waals surface area contributed by atoms with Gasteiger partial charge in [-0.3, -0.25) is 4.79 Å². The van der Waals surface area contributed by atoms with E-state index in [2.05, 4.69) is 27.8 Å². The highest BCUT2D eigenvalue weighted by molar-refractivity contribution is 5.88. The topological polar surface area (TPSA) is 56.4 Å². The second kappa shape index (κ2) is 6.43. The van der Waals surface area contributed by atoms with Gasteiger partial charge in [0.2, 0.25) is 5.91 Å². The minimum absolute atomic E-state index is 0.0477. The van der Waals surface area contributed by atoms with Crippen LogP contribution >= 0.6 is 0 Å². The van der Waals surface area contributed by atoms with Gasteiger partial charge in [0.05, 0.1) is 11.4 Å². The molecule has 0 fully saturated rings. The number of para-hydroxylation sites is 2. The number of carbonyl (C=O) groups excluding carboxylic acids is 1. The molecule has 1 atom stereocenters. The van der Waals surface area contributed by atoms with Crippen LogP contribution in [0, 0.1) is 0 Å². The van der Waals surface area contributed by atoms with E-state index in [9.17, 15) is 4.79 Å². The Hall–Kier alpha value is -1.75. The fraction of sp³-hybridized carbons (Fsp3) is 0.500. The molecular formula is C14H22N4O. The molecule has 3 N–H and O–H groups in total. The summed E-state index contributed by atoms with van der Waals surface area (Å²) in [5, 5.41) is 9.50. The smallest absolute Gasteiger partial charge is 0.244 e. The summed E-state index contributed by atoms with van der Waals surface area (Å²) in [6, 6.07) is 7.72. The Morgan fingerprint density at radius 2 is 2.16 bits per heavy atom. The van der Waals surface area contributed by atoms with E-state index in [1.165, 1.54) is 0 Å². The van der Waals surface area contributed by atoms with Gasteiger partial charge in [0.1, 0.15) is 6.04 Å². The van der Waals surface area contributed by atoms with Crippen LogP contribution in [0.25, 0.3) is 0 Å². The number of fused-ring (bicyclic) bond motifs is 1. The lowest BCUT2D eigenvalue weighted by molar-refractivity contribution is -0.121. The van der Waals surface area contributed by atoms with Gasteiger partial charge in [0.25, 0.3) is 0 Å². The average molecular weight is 262 g/mol. The molecule has 0 aliphatic carbocycles. The zero-order chi connectivity index (χ0) is 13.7. The van der Waals surface area contributed by atoms with E-state index in [1.807, 2.05) is 31.3 Å². The number of likely N-dealkylation sites (N-methyl/N-ethyl adjacent to an activating group) is 1. The highest BCUT2D eigenvalue weighted by Crippen LogP contribution is 2.24. The number of carbonyl (C=O) groups is 1. The first-order valence-electron chi connectivity index (χ1n) is 6.76. The number of hydrogen-bond donors (Lipinski definition) is 3. The van der Waals surface area contributed by atoms with Crippen molar-refractivity contribution in [3.8, 4) is 0 Å². The highest BCUT2D eigenvalue weighted by Gasteiger charge is 2.22. The van der Waals surface area contributed by atoms with Crippen LogP contribution in [0.15, 0.2) is 24.3 Å². The van der Waals surface area contributed by atoms with Crippen molar-refractivity contribution in [1.82, 2.24) is 10.2 Å². The van der Waals surface area contributed by atoms with E-state index < -0.39 is 0 Å². The Balaban J connectivity index is 1.82. The molecule has 1 aliphatic rings.